The van der Waals surface area contributed by atoms with Crippen LogP contribution in [0, 0.1) is 13.8 Å². The molecule has 198 valence electrons. The number of benzene rings is 4. The summed E-state index contributed by atoms with van der Waals surface area (Å²) < 4.78 is 66.4. The van der Waals surface area contributed by atoms with E-state index in [1.807, 2.05) is 19.1 Å². The van der Waals surface area contributed by atoms with Gasteiger partial charge < -0.3 is 10.8 Å². The summed E-state index contributed by atoms with van der Waals surface area (Å²) in [5.74, 6) is -0.681. The number of aromatic hydroxyl groups is 1. The van der Waals surface area contributed by atoms with Crippen molar-refractivity contribution in [1.29, 1.82) is 0 Å². The molecule has 0 atom stereocenters. The standard InChI is InChI=1S/C26H25N3O7S2/c1-4-16-5-6-17(11-14(16)2)18-7-9-20(15(3)12-18)28-29-21-10-8-19-22(37(31,32)33)13-23(38(34,35)36)25(27)24(19)26(21)30/h5-13,30H,4,27H2,1-3H3,(H,31,32,33)(H,34,35,36). The summed E-state index contributed by atoms with van der Waals surface area (Å²) in [5, 5.41) is 18.4. The summed E-state index contributed by atoms with van der Waals surface area (Å²) in [6.07, 6.45) is 0.950. The predicted octanol–water partition coefficient (Wildman–Crippen LogP) is 5.88. The number of nitrogens with zero attached hydrogens (tertiary/aromatic N) is 2. The molecule has 0 bridgehead atoms. The van der Waals surface area contributed by atoms with Gasteiger partial charge in [0, 0.05) is 5.39 Å². The Kier molecular flexibility index (Phi) is 7.01. The second kappa shape index (κ2) is 9.80. The minimum absolute atomic E-state index is 0.146. The predicted molar refractivity (Wildman–Crippen MR) is 145 cm³/mol. The Labute approximate surface area is 220 Å². The van der Waals surface area contributed by atoms with Crippen molar-refractivity contribution < 1.29 is 31.0 Å². The Hall–Kier alpha value is -3.84. The van der Waals surface area contributed by atoms with Crippen LogP contribution in [0.25, 0.3) is 21.9 Å². The van der Waals surface area contributed by atoms with Crippen LogP contribution in [0.3, 0.4) is 0 Å². The van der Waals surface area contributed by atoms with E-state index in [1.54, 1.807) is 6.07 Å². The highest BCUT2D eigenvalue weighted by atomic mass is 32.2. The quantitative estimate of drug-likeness (QED) is 0.129. The SMILES string of the molecule is CCc1ccc(-c2ccc(N=Nc3ccc4c(S(=O)(=O)O)cc(S(=O)(=O)O)c(N)c4c3O)c(C)c2)cc1C. The molecular formula is C26H25N3O7S2. The number of rotatable bonds is 6. The molecule has 0 aliphatic carbocycles. The molecule has 0 heterocycles. The first-order valence-corrected chi connectivity index (χ1v) is 14.3. The maximum absolute atomic E-state index is 11.9. The highest BCUT2D eigenvalue weighted by molar-refractivity contribution is 7.87. The zero-order valence-electron chi connectivity index (χ0n) is 20.7. The average molecular weight is 556 g/mol. The highest BCUT2D eigenvalue weighted by Crippen LogP contribution is 2.43. The number of hydrogen-bond acceptors (Lipinski definition) is 8. The minimum Gasteiger partial charge on any atom is -0.505 e. The van der Waals surface area contributed by atoms with Gasteiger partial charge in [0.2, 0.25) is 0 Å². The number of fused-ring (bicyclic) bond motifs is 1. The molecule has 0 aromatic heterocycles. The van der Waals surface area contributed by atoms with Crippen LogP contribution in [0.4, 0.5) is 17.1 Å². The van der Waals surface area contributed by atoms with Gasteiger partial charge in [0.15, 0.2) is 5.75 Å². The van der Waals surface area contributed by atoms with Gasteiger partial charge in [-0.15, -0.1) is 5.11 Å². The molecule has 0 saturated heterocycles. The molecule has 0 fully saturated rings. The Morgan fingerprint density at radius 1 is 0.763 bits per heavy atom. The zero-order valence-corrected chi connectivity index (χ0v) is 22.3. The van der Waals surface area contributed by atoms with Crippen LogP contribution in [0.15, 0.2) is 74.6 Å². The smallest absolute Gasteiger partial charge is 0.296 e. The number of azo groups is 1. The second-order valence-electron chi connectivity index (χ2n) is 8.79. The van der Waals surface area contributed by atoms with Crippen molar-refractivity contribution in [2.45, 2.75) is 37.0 Å². The first-order chi connectivity index (χ1) is 17.7. The molecule has 4 rings (SSSR count). The number of nitrogens with two attached hydrogens (primary N) is 1. The van der Waals surface area contributed by atoms with Gasteiger partial charge in [-0.2, -0.15) is 21.9 Å². The van der Waals surface area contributed by atoms with Gasteiger partial charge >= 0.3 is 0 Å². The largest absolute Gasteiger partial charge is 0.505 e. The normalized spacial score (nSPS) is 12.4. The van der Waals surface area contributed by atoms with Crippen molar-refractivity contribution >= 4 is 48.1 Å². The second-order valence-corrected chi connectivity index (χ2v) is 11.6. The van der Waals surface area contributed by atoms with E-state index in [4.69, 9.17) is 5.73 Å². The van der Waals surface area contributed by atoms with Gasteiger partial charge in [-0.25, -0.2) is 0 Å². The molecule has 0 saturated carbocycles. The lowest BCUT2D eigenvalue weighted by molar-refractivity contribution is 0.481. The molecule has 5 N–H and O–H groups in total. The first kappa shape index (κ1) is 27.2. The van der Waals surface area contributed by atoms with Crippen LogP contribution < -0.4 is 5.73 Å². The molecule has 0 aliphatic rings. The maximum atomic E-state index is 11.9. The third kappa shape index (κ3) is 5.11. The summed E-state index contributed by atoms with van der Waals surface area (Å²) >= 11 is 0. The molecule has 0 aliphatic heterocycles. The van der Waals surface area contributed by atoms with E-state index in [0.717, 1.165) is 23.1 Å². The van der Waals surface area contributed by atoms with Gasteiger partial charge in [0.25, 0.3) is 20.2 Å². The van der Waals surface area contributed by atoms with E-state index in [1.165, 1.54) is 23.3 Å². The van der Waals surface area contributed by atoms with Gasteiger partial charge in [0.1, 0.15) is 15.5 Å². The van der Waals surface area contributed by atoms with Gasteiger partial charge in [-0.1, -0.05) is 37.3 Å². The van der Waals surface area contributed by atoms with Gasteiger partial charge in [-0.3, -0.25) is 9.11 Å². The summed E-state index contributed by atoms with van der Waals surface area (Å²) in [7, 11) is -9.95. The fourth-order valence-electron chi connectivity index (χ4n) is 4.29. The number of phenols is 1. The highest BCUT2D eigenvalue weighted by Gasteiger charge is 2.26. The average Bonchev–Trinajstić information content (AvgIpc) is 2.82. The topological polar surface area (TPSA) is 180 Å². The first-order valence-electron chi connectivity index (χ1n) is 11.4. The van der Waals surface area contributed by atoms with Crippen molar-refractivity contribution in [2.24, 2.45) is 10.2 Å². The summed E-state index contributed by atoms with van der Waals surface area (Å²) in [6.45, 7) is 6.02. The fourth-order valence-corrected chi connectivity index (χ4v) is 5.73. The van der Waals surface area contributed by atoms with E-state index in [0.29, 0.717) is 11.8 Å². The molecule has 10 nitrogen and oxygen atoms in total. The number of nitrogen functional groups attached to an aromatic ring is 1. The molecule has 38 heavy (non-hydrogen) atoms. The lowest BCUT2D eigenvalue weighted by Gasteiger charge is -2.13. The monoisotopic (exact) mass is 555 g/mol. The van der Waals surface area contributed by atoms with Crippen LogP contribution in [0.2, 0.25) is 0 Å². The van der Waals surface area contributed by atoms with E-state index < -0.39 is 46.9 Å². The summed E-state index contributed by atoms with van der Waals surface area (Å²) in [5.41, 5.74) is 10.9. The van der Waals surface area contributed by atoms with Crippen LogP contribution >= 0.6 is 0 Å². The van der Waals surface area contributed by atoms with Crippen LogP contribution in [0.5, 0.6) is 5.75 Å². The lowest BCUT2D eigenvalue weighted by atomic mass is 9.97. The summed E-state index contributed by atoms with van der Waals surface area (Å²) in [6, 6.07) is 14.8. The lowest BCUT2D eigenvalue weighted by Crippen LogP contribution is -2.08. The van der Waals surface area contributed by atoms with Crippen molar-refractivity contribution in [3.05, 3.63) is 71.3 Å². The Balaban J connectivity index is 1.79. The van der Waals surface area contributed by atoms with E-state index in [2.05, 4.69) is 42.3 Å². The van der Waals surface area contributed by atoms with Crippen LogP contribution in [-0.2, 0) is 26.7 Å². The van der Waals surface area contributed by atoms with Gasteiger partial charge in [-0.05, 0) is 72.4 Å². The Morgan fingerprint density at radius 3 is 1.87 bits per heavy atom. The third-order valence-electron chi connectivity index (χ3n) is 6.29. The maximum Gasteiger partial charge on any atom is 0.296 e. The van der Waals surface area contributed by atoms with Crippen molar-refractivity contribution in [2.75, 3.05) is 5.73 Å². The minimum atomic E-state index is -5.00. The van der Waals surface area contributed by atoms with E-state index in [9.17, 15) is 31.0 Å². The Morgan fingerprint density at radius 2 is 1.32 bits per heavy atom. The number of hydrogen-bond donors (Lipinski definition) is 4. The number of anilines is 1. The van der Waals surface area contributed by atoms with Gasteiger partial charge in [0.05, 0.1) is 16.8 Å². The molecule has 4 aromatic carbocycles. The van der Waals surface area contributed by atoms with Crippen LogP contribution in [-0.4, -0.2) is 31.0 Å². The fraction of sp³-hybridized carbons (Fsp3) is 0.154. The molecule has 4 aromatic rings. The third-order valence-corrected chi connectivity index (χ3v) is 8.08. The summed E-state index contributed by atoms with van der Waals surface area (Å²) in [4.78, 5) is -1.85. The Bertz CT molecular complexity index is 1850. The number of aryl methyl sites for hydroxylation is 3. The van der Waals surface area contributed by atoms with E-state index >= 15 is 0 Å². The van der Waals surface area contributed by atoms with Crippen LogP contribution in [0.1, 0.15) is 23.6 Å². The van der Waals surface area contributed by atoms with Crippen molar-refractivity contribution in [1.82, 2.24) is 0 Å². The number of phenolic OH excluding ortho intramolecular Hbond substituents is 1. The van der Waals surface area contributed by atoms with Crippen molar-refractivity contribution in [3.63, 3.8) is 0 Å². The molecule has 12 heteroatoms. The van der Waals surface area contributed by atoms with Crippen molar-refractivity contribution in [3.8, 4) is 16.9 Å². The molecule has 0 radical (unpaired) electrons. The molecule has 0 amide bonds. The molecule has 0 unspecified atom stereocenters. The molecule has 0 spiro atoms. The zero-order chi connectivity index (χ0) is 28.0. The molecular weight excluding hydrogens is 530 g/mol. The van der Waals surface area contributed by atoms with E-state index in [-0.39, 0.29) is 11.1 Å².